The van der Waals surface area contributed by atoms with Crippen molar-refractivity contribution in [2.75, 3.05) is 33.2 Å². The van der Waals surface area contributed by atoms with Crippen LogP contribution in [0.3, 0.4) is 0 Å². The van der Waals surface area contributed by atoms with Crippen LogP contribution in [-0.4, -0.2) is 55.8 Å². The van der Waals surface area contributed by atoms with Crippen molar-refractivity contribution in [3.63, 3.8) is 0 Å². The molecule has 0 aliphatic carbocycles. The van der Waals surface area contributed by atoms with E-state index in [1.165, 1.54) is 6.42 Å². The third-order valence-corrected chi connectivity index (χ3v) is 4.34. The second-order valence-electron chi connectivity index (χ2n) is 7.38. The van der Waals surface area contributed by atoms with E-state index in [1.807, 2.05) is 0 Å². The zero-order valence-corrected chi connectivity index (χ0v) is 17.7. The van der Waals surface area contributed by atoms with Crippen molar-refractivity contribution in [3.8, 4) is 0 Å². The fourth-order valence-corrected chi connectivity index (χ4v) is 3.11. The molecule has 0 aromatic carbocycles. The lowest BCUT2D eigenvalue weighted by Gasteiger charge is -2.45. The molecular weight excluding hydrogens is 432 g/mol. The SMILES string of the molecule is CN=C(NCCC(F)(F)F)NCC(C)(C)N1CC(C)CC(C)C1.I. The fraction of sp³-hybridized carbons (Fsp3) is 0.938. The van der Waals surface area contributed by atoms with E-state index in [0.717, 1.165) is 13.1 Å². The van der Waals surface area contributed by atoms with Crippen LogP contribution in [0, 0.1) is 11.8 Å². The van der Waals surface area contributed by atoms with Gasteiger partial charge in [-0.1, -0.05) is 13.8 Å². The lowest BCUT2D eigenvalue weighted by Crippen LogP contribution is -2.57. The fourth-order valence-electron chi connectivity index (χ4n) is 3.11. The normalized spacial score (nSPS) is 23.6. The molecule has 4 nitrogen and oxygen atoms in total. The minimum absolute atomic E-state index is 0. The Balaban J connectivity index is 0.00000529. The van der Waals surface area contributed by atoms with E-state index in [2.05, 4.69) is 48.2 Å². The van der Waals surface area contributed by atoms with Gasteiger partial charge in [0.1, 0.15) is 0 Å². The number of guanidine groups is 1. The Morgan fingerprint density at radius 2 is 1.67 bits per heavy atom. The molecule has 2 N–H and O–H groups in total. The molecular formula is C16H32F3IN4. The van der Waals surface area contributed by atoms with Crippen molar-refractivity contribution in [1.82, 2.24) is 15.5 Å². The van der Waals surface area contributed by atoms with E-state index in [0.29, 0.717) is 24.3 Å². The van der Waals surface area contributed by atoms with Gasteiger partial charge in [0.2, 0.25) is 0 Å². The van der Waals surface area contributed by atoms with Crippen LogP contribution in [0.2, 0.25) is 0 Å². The summed E-state index contributed by atoms with van der Waals surface area (Å²) in [5.41, 5.74) is -0.0788. The van der Waals surface area contributed by atoms with Crippen LogP contribution < -0.4 is 10.6 Å². The third-order valence-electron chi connectivity index (χ3n) is 4.34. The first-order chi connectivity index (χ1) is 10.5. The van der Waals surface area contributed by atoms with Gasteiger partial charge in [-0.05, 0) is 32.1 Å². The highest BCUT2D eigenvalue weighted by atomic mass is 127. The summed E-state index contributed by atoms with van der Waals surface area (Å²) in [7, 11) is 1.57. The van der Waals surface area contributed by atoms with E-state index in [9.17, 15) is 13.2 Å². The Labute approximate surface area is 161 Å². The number of nitrogens with zero attached hydrogens (tertiary/aromatic N) is 2. The summed E-state index contributed by atoms with van der Waals surface area (Å²) >= 11 is 0. The van der Waals surface area contributed by atoms with Gasteiger partial charge in [0, 0.05) is 38.8 Å². The molecule has 24 heavy (non-hydrogen) atoms. The number of alkyl halides is 3. The van der Waals surface area contributed by atoms with E-state index >= 15 is 0 Å². The summed E-state index contributed by atoms with van der Waals surface area (Å²) < 4.78 is 36.6. The van der Waals surface area contributed by atoms with Gasteiger partial charge >= 0.3 is 6.18 Å². The minimum Gasteiger partial charge on any atom is -0.356 e. The maximum atomic E-state index is 12.2. The highest BCUT2D eigenvalue weighted by molar-refractivity contribution is 14.0. The number of aliphatic imine (C=N–C) groups is 1. The van der Waals surface area contributed by atoms with E-state index in [1.54, 1.807) is 7.05 Å². The predicted molar refractivity (Wildman–Crippen MR) is 104 cm³/mol. The van der Waals surface area contributed by atoms with Gasteiger partial charge in [-0.3, -0.25) is 9.89 Å². The van der Waals surface area contributed by atoms with Crippen molar-refractivity contribution in [3.05, 3.63) is 0 Å². The number of rotatable bonds is 5. The number of halogens is 4. The van der Waals surface area contributed by atoms with Crippen molar-refractivity contribution in [1.29, 1.82) is 0 Å². The first kappa shape index (κ1) is 23.8. The van der Waals surface area contributed by atoms with Crippen LogP contribution in [0.25, 0.3) is 0 Å². The topological polar surface area (TPSA) is 39.7 Å². The van der Waals surface area contributed by atoms with Gasteiger partial charge < -0.3 is 10.6 Å². The first-order valence-corrected chi connectivity index (χ1v) is 8.30. The summed E-state index contributed by atoms with van der Waals surface area (Å²) in [4.78, 5) is 6.45. The molecule has 0 aromatic heterocycles. The third kappa shape index (κ3) is 8.73. The molecule has 1 rings (SSSR count). The monoisotopic (exact) mass is 464 g/mol. The Morgan fingerprint density at radius 3 is 2.12 bits per heavy atom. The zero-order chi connectivity index (χ0) is 17.7. The maximum Gasteiger partial charge on any atom is 0.390 e. The Bertz CT molecular complexity index is 389. The smallest absolute Gasteiger partial charge is 0.356 e. The highest BCUT2D eigenvalue weighted by Crippen LogP contribution is 2.26. The molecule has 0 amide bonds. The number of piperidine rings is 1. The second kappa shape index (κ2) is 10.0. The molecule has 2 unspecified atom stereocenters. The summed E-state index contributed by atoms with van der Waals surface area (Å²) in [5.74, 6) is 1.75. The van der Waals surface area contributed by atoms with Crippen molar-refractivity contribution in [2.45, 2.75) is 52.3 Å². The molecule has 0 radical (unpaired) electrons. The van der Waals surface area contributed by atoms with Crippen LogP contribution in [0.15, 0.2) is 4.99 Å². The Hall–Kier alpha value is -0.250. The largest absolute Gasteiger partial charge is 0.390 e. The molecule has 1 aliphatic rings. The van der Waals surface area contributed by atoms with Gasteiger partial charge in [-0.2, -0.15) is 13.2 Å². The average molecular weight is 464 g/mol. The van der Waals surface area contributed by atoms with Gasteiger partial charge in [0.15, 0.2) is 5.96 Å². The molecule has 1 saturated heterocycles. The van der Waals surface area contributed by atoms with Crippen LogP contribution in [-0.2, 0) is 0 Å². The summed E-state index contributed by atoms with van der Waals surface area (Å²) in [6.45, 7) is 11.4. The van der Waals surface area contributed by atoms with E-state index < -0.39 is 12.6 Å². The molecule has 0 aromatic rings. The first-order valence-electron chi connectivity index (χ1n) is 8.30. The molecule has 2 atom stereocenters. The molecule has 1 heterocycles. The van der Waals surface area contributed by atoms with E-state index in [4.69, 9.17) is 0 Å². The molecule has 8 heteroatoms. The van der Waals surface area contributed by atoms with Gasteiger partial charge in [0.05, 0.1) is 6.42 Å². The van der Waals surface area contributed by atoms with Gasteiger partial charge in [-0.15, -0.1) is 24.0 Å². The number of hydrogen-bond acceptors (Lipinski definition) is 2. The van der Waals surface area contributed by atoms with Crippen LogP contribution >= 0.6 is 24.0 Å². The summed E-state index contributed by atoms with van der Waals surface area (Å²) in [6, 6.07) is 0. The van der Waals surface area contributed by atoms with Gasteiger partial charge in [0.25, 0.3) is 0 Å². The van der Waals surface area contributed by atoms with Crippen molar-refractivity contribution >= 4 is 29.9 Å². The molecule has 0 saturated carbocycles. The van der Waals surface area contributed by atoms with Gasteiger partial charge in [-0.25, -0.2) is 0 Å². The second-order valence-corrected chi connectivity index (χ2v) is 7.38. The van der Waals surface area contributed by atoms with Crippen LogP contribution in [0.5, 0.6) is 0 Å². The summed E-state index contributed by atoms with van der Waals surface area (Å²) in [5, 5.41) is 5.87. The summed E-state index contributed by atoms with van der Waals surface area (Å²) in [6.07, 6.45) is -3.76. The quantitative estimate of drug-likeness (QED) is 0.372. The average Bonchev–Trinajstić information content (AvgIpc) is 2.40. The molecule has 1 fully saturated rings. The lowest BCUT2D eigenvalue weighted by atomic mass is 9.88. The molecule has 0 spiro atoms. The van der Waals surface area contributed by atoms with Crippen molar-refractivity contribution < 1.29 is 13.2 Å². The standard InChI is InChI=1S/C16H31F3N4.HI/c1-12-8-13(2)10-23(9-12)15(3,4)11-22-14(20-5)21-7-6-16(17,18)19;/h12-13H,6-11H2,1-5H3,(H2,20,21,22);1H. The molecule has 0 bridgehead atoms. The number of hydrogen-bond donors (Lipinski definition) is 2. The number of likely N-dealkylation sites (tertiary alicyclic amines) is 1. The predicted octanol–water partition coefficient (Wildman–Crippen LogP) is 3.48. The zero-order valence-electron chi connectivity index (χ0n) is 15.3. The molecule has 144 valence electrons. The Kier molecular flexibility index (Phi) is 9.93. The maximum absolute atomic E-state index is 12.2. The van der Waals surface area contributed by atoms with E-state index in [-0.39, 0.29) is 36.1 Å². The lowest BCUT2D eigenvalue weighted by molar-refractivity contribution is -0.132. The van der Waals surface area contributed by atoms with Crippen LogP contribution in [0.1, 0.15) is 40.5 Å². The highest BCUT2D eigenvalue weighted by Gasteiger charge is 2.32. The van der Waals surface area contributed by atoms with Crippen molar-refractivity contribution in [2.24, 2.45) is 16.8 Å². The minimum atomic E-state index is -4.15. The molecule has 1 aliphatic heterocycles. The van der Waals surface area contributed by atoms with Crippen LogP contribution in [0.4, 0.5) is 13.2 Å². The Morgan fingerprint density at radius 1 is 1.12 bits per heavy atom. The number of nitrogens with one attached hydrogen (secondary N) is 2.